The van der Waals surface area contributed by atoms with Gasteiger partial charge in [0.1, 0.15) is 0 Å². The van der Waals surface area contributed by atoms with Gasteiger partial charge in [0.15, 0.2) is 0 Å². The zero-order valence-corrected chi connectivity index (χ0v) is 14.1. The van der Waals surface area contributed by atoms with E-state index in [0.29, 0.717) is 19.3 Å². The Kier molecular flexibility index (Phi) is 5.60. The van der Waals surface area contributed by atoms with Crippen molar-refractivity contribution in [2.45, 2.75) is 57.5 Å². The van der Waals surface area contributed by atoms with Crippen molar-refractivity contribution in [3.63, 3.8) is 0 Å². The Morgan fingerprint density at radius 1 is 1.23 bits per heavy atom. The van der Waals surface area contributed by atoms with E-state index in [0.717, 1.165) is 6.42 Å². The van der Waals surface area contributed by atoms with Crippen molar-refractivity contribution in [2.24, 2.45) is 0 Å². The molecular weight excluding hydrogens is 296 g/mol. The third-order valence-corrected chi connectivity index (χ3v) is 6.64. The molecule has 0 spiro atoms. The Balaban J connectivity index is 2.10. The third kappa shape index (κ3) is 3.68. The lowest BCUT2D eigenvalue weighted by atomic mass is 9.92. The van der Waals surface area contributed by atoms with Crippen molar-refractivity contribution in [2.75, 3.05) is 5.75 Å². The number of hydrogen-bond donors (Lipinski definition) is 0. The van der Waals surface area contributed by atoms with Gasteiger partial charge in [-0.1, -0.05) is 30.3 Å². The fourth-order valence-corrected chi connectivity index (χ4v) is 5.55. The van der Waals surface area contributed by atoms with E-state index in [9.17, 15) is 8.42 Å². The zero-order chi connectivity index (χ0) is 16.2. The Hall–Kier alpha value is -1.38. The topological polar surface area (TPSA) is 61.2 Å². The molecule has 1 fully saturated rings. The molecular formula is C17H24N2O2S. The summed E-state index contributed by atoms with van der Waals surface area (Å²) in [6, 6.07) is 12.2. The molecule has 22 heavy (non-hydrogen) atoms. The Bertz CT molecular complexity index is 622. The minimum atomic E-state index is -3.26. The second-order valence-corrected chi connectivity index (χ2v) is 8.10. The first-order valence-electron chi connectivity index (χ1n) is 7.90. The molecule has 120 valence electrons. The average molecular weight is 320 g/mol. The highest BCUT2D eigenvalue weighted by atomic mass is 32.2. The highest BCUT2D eigenvalue weighted by Gasteiger charge is 2.42. The van der Waals surface area contributed by atoms with Gasteiger partial charge in [-0.15, -0.1) is 0 Å². The molecule has 1 aromatic carbocycles. The Morgan fingerprint density at radius 3 is 2.55 bits per heavy atom. The van der Waals surface area contributed by atoms with Gasteiger partial charge in [-0.25, -0.2) is 8.42 Å². The molecule has 0 saturated carbocycles. The maximum absolute atomic E-state index is 12.6. The molecule has 5 heteroatoms. The lowest BCUT2D eigenvalue weighted by Gasteiger charge is -2.27. The van der Waals surface area contributed by atoms with Crippen LogP contribution in [0.25, 0.3) is 0 Å². The number of sulfonamides is 1. The van der Waals surface area contributed by atoms with E-state index < -0.39 is 10.0 Å². The van der Waals surface area contributed by atoms with Crippen LogP contribution >= 0.6 is 0 Å². The second kappa shape index (κ2) is 7.26. The standard InChI is InChI=1S/C17H24N2O2S/c1-14-13-17(16-9-5-3-6-10-16)15(2)19(14)22(20,21)12-8-4-7-11-18/h3,5-6,9-10,14-15,17H,4,7-8,12-13H2,1-2H3/t14-,15-,17-/m1/s1. The molecule has 3 atom stereocenters. The summed E-state index contributed by atoms with van der Waals surface area (Å²) < 4.78 is 27.0. The molecule has 1 aliphatic rings. The quantitative estimate of drug-likeness (QED) is 0.756. The number of benzene rings is 1. The van der Waals surface area contributed by atoms with Gasteiger partial charge in [0.25, 0.3) is 0 Å². The van der Waals surface area contributed by atoms with Crippen LogP contribution in [0.1, 0.15) is 51.0 Å². The zero-order valence-electron chi connectivity index (χ0n) is 13.3. The highest BCUT2D eigenvalue weighted by molar-refractivity contribution is 7.89. The predicted octanol–water partition coefficient (Wildman–Crippen LogP) is 3.28. The first-order valence-corrected chi connectivity index (χ1v) is 9.51. The molecule has 0 unspecified atom stereocenters. The third-order valence-electron chi connectivity index (χ3n) is 4.50. The molecule has 2 rings (SSSR count). The number of rotatable bonds is 6. The van der Waals surface area contributed by atoms with Gasteiger partial charge in [0.05, 0.1) is 11.8 Å². The average Bonchev–Trinajstić information content (AvgIpc) is 2.80. The summed E-state index contributed by atoms with van der Waals surface area (Å²) in [6.45, 7) is 4.00. The molecule has 0 bridgehead atoms. The minimum Gasteiger partial charge on any atom is -0.212 e. The monoisotopic (exact) mass is 320 g/mol. The summed E-state index contributed by atoms with van der Waals surface area (Å²) in [5, 5.41) is 8.54. The van der Waals surface area contributed by atoms with Gasteiger partial charge in [-0.2, -0.15) is 9.57 Å². The fraction of sp³-hybridized carbons (Fsp3) is 0.588. The summed E-state index contributed by atoms with van der Waals surface area (Å²) >= 11 is 0. The number of nitrogens with zero attached hydrogens (tertiary/aromatic N) is 2. The fourth-order valence-electron chi connectivity index (χ4n) is 3.48. The van der Waals surface area contributed by atoms with E-state index in [2.05, 4.69) is 18.2 Å². The van der Waals surface area contributed by atoms with Gasteiger partial charge < -0.3 is 0 Å². The normalized spacial score (nSPS) is 26.0. The van der Waals surface area contributed by atoms with Gasteiger partial charge >= 0.3 is 0 Å². The van der Waals surface area contributed by atoms with Crippen LogP contribution in [-0.2, 0) is 10.0 Å². The molecule has 4 nitrogen and oxygen atoms in total. The van der Waals surface area contributed by atoms with E-state index in [1.165, 1.54) is 5.56 Å². The van der Waals surface area contributed by atoms with Crippen LogP contribution in [-0.4, -0.2) is 30.6 Å². The first kappa shape index (κ1) is 17.0. The first-order chi connectivity index (χ1) is 10.5. The number of unbranched alkanes of at least 4 members (excludes halogenated alkanes) is 2. The van der Waals surface area contributed by atoms with Crippen molar-refractivity contribution < 1.29 is 8.42 Å². The van der Waals surface area contributed by atoms with E-state index >= 15 is 0 Å². The van der Waals surface area contributed by atoms with E-state index in [4.69, 9.17) is 5.26 Å². The maximum atomic E-state index is 12.6. The van der Waals surface area contributed by atoms with Crippen LogP contribution in [0.2, 0.25) is 0 Å². The lowest BCUT2D eigenvalue weighted by Crippen LogP contribution is -2.40. The SMILES string of the molecule is C[C@@H]1C[C@@H](c2ccccc2)[C@@H](C)N1S(=O)(=O)CCCCC#N. The van der Waals surface area contributed by atoms with Crippen LogP contribution in [0, 0.1) is 11.3 Å². The van der Waals surface area contributed by atoms with Crippen LogP contribution in [0.15, 0.2) is 30.3 Å². The van der Waals surface area contributed by atoms with E-state index in [1.54, 1.807) is 4.31 Å². The van der Waals surface area contributed by atoms with Crippen molar-refractivity contribution >= 4 is 10.0 Å². The number of hydrogen-bond acceptors (Lipinski definition) is 3. The molecule has 0 N–H and O–H groups in total. The largest absolute Gasteiger partial charge is 0.214 e. The molecule has 0 radical (unpaired) electrons. The van der Waals surface area contributed by atoms with Crippen molar-refractivity contribution in [3.8, 4) is 6.07 Å². The molecule has 0 amide bonds. The van der Waals surface area contributed by atoms with E-state index in [-0.39, 0.29) is 23.8 Å². The van der Waals surface area contributed by atoms with Gasteiger partial charge in [-0.05, 0) is 38.7 Å². The second-order valence-electron chi connectivity index (χ2n) is 6.10. The van der Waals surface area contributed by atoms with E-state index in [1.807, 2.05) is 32.0 Å². The molecule has 1 heterocycles. The van der Waals surface area contributed by atoms with Crippen molar-refractivity contribution in [3.05, 3.63) is 35.9 Å². The Labute approximate surface area is 133 Å². The van der Waals surface area contributed by atoms with Crippen LogP contribution < -0.4 is 0 Å². The summed E-state index contributed by atoms with van der Waals surface area (Å²) in [6.07, 6.45) is 2.49. The minimum absolute atomic E-state index is 0.0154. The van der Waals surface area contributed by atoms with Crippen LogP contribution in [0.5, 0.6) is 0 Å². The Morgan fingerprint density at radius 2 is 1.91 bits per heavy atom. The van der Waals surface area contributed by atoms with Gasteiger partial charge in [0, 0.05) is 24.4 Å². The smallest absolute Gasteiger partial charge is 0.212 e. The maximum Gasteiger partial charge on any atom is 0.214 e. The highest BCUT2D eigenvalue weighted by Crippen LogP contribution is 2.39. The molecule has 0 aromatic heterocycles. The van der Waals surface area contributed by atoms with Crippen molar-refractivity contribution in [1.29, 1.82) is 5.26 Å². The number of nitriles is 1. The van der Waals surface area contributed by atoms with Gasteiger partial charge in [0.2, 0.25) is 10.0 Å². The summed E-state index contributed by atoms with van der Waals surface area (Å²) in [4.78, 5) is 0. The van der Waals surface area contributed by atoms with Crippen LogP contribution in [0.3, 0.4) is 0 Å². The molecule has 1 aliphatic heterocycles. The van der Waals surface area contributed by atoms with Crippen molar-refractivity contribution in [1.82, 2.24) is 4.31 Å². The lowest BCUT2D eigenvalue weighted by molar-refractivity contribution is 0.343. The summed E-state index contributed by atoms with van der Waals surface area (Å²) in [7, 11) is -3.26. The molecule has 1 saturated heterocycles. The van der Waals surface area contributed by atoms with Crippen LogP contribution in [0.4, 0.5) is 0 Å². The molecule has 0 aliphatic carbocycles. The van der Waals surface area contributed by atoms with Gasteiger partial charge in [-0.3, -0.25) is 0 Å². The predicted molar refractivity (Wildman–Crippen MR) is 87.8 cm³/mol. The molecule has 1 aromatic rings. The summed E-state index contributed by atoms with van der Waals surface area (Å²) in [5.74, 6) is 0.398. The summed E-state index contributed by atoms with van der Waals surface area (Å²) in [5.41, 5.74) is 1.21.